The lowest BCUT2D eigenvalue weighted by atomic mass is 9.94. The number of ether oxygens (including phenoxy) is 3. The maximum Gasteiger partial charge on any atom is 0.410 e. The van der Waals surface area contributed by atoms with Gasteiger partial charge in [0.05, 0.1) is 19.2 Å². The van der Waals surface area contributed by atoms with Crippen molar-refractivity contribution in [3.63, 3.8) is 0 Å². The number of fused-ring (bicyclic) bond motifs is 1. The molecule has 0 aliphatic carbocycles. The first-order valence-electron chi connectivity index (χ1n) is 18.8. The van der Waals surface area contributed by atoms with Crippen molar-refractivity contribution in [2.45, 2.75) is 96.7 Å². The molecule has 0 bridgehead atoms. The van der Waals surface area contributed by atoms with Crippen LogP contribution in [0.4, 0.5) is 26.0 Å². The molecule has 15 nitrogen and oxygen atoms in total. The molecule has 3 amide bonds. The minimum atomic E-state index is -0.674. The molecule has 2 aromatic heterocycles. The Morgan fingerprint density at radius 3 is 2.30 bits per heavy atom. The highest BCUT2D eigenvalue weighted by atomic mass is 16.6. The number of amides is 3. The van der Waals surface area contributed by atoms with Gasteiger partial charge in [-0.15, -0.1) is 5.10 Å². The SMILES string of the molecule is CC(C)c1c(NC2CCN(C(=O)O[C@@H]3CCN(C(=O)OCc4ccccc4)C3)CC2)nn2ccc(NCC3CCN(C(=O)OC(C)(C)C)CC3O)nc12. The number of hydrogen-bond acceptors (Lipinski definition) is 11. The van der Waals surface area contributed by atoms with Gasteiger partial charge in [0, 0.05) is 62.9 Å². The number of hydrogen-bond donors (Lipinski definition) is 3. The van der Waals surface area contributed by atoms with Crippen LogP contribution in [0.1, 0.15) is 77.3 Å². The average molecular weight is 735 g/mol. The highest BCUT2D eigenvalue weighted by Gasteiger charge is 2.34. The molecule has 53 heavy (non-hydrogen) atoms. The van der Waals surface area contributed by atoms with Crippen LogP contribution in [0.25, 0.3) is 5.65 Å². The third-order valence-corrected chi connectivity index (χ3v) is 9.99. The normalized spacial score (nSPS) is 21.2. The standard InChI is InChI=1S/C38H54N8O7/c1-25(2)32-33(42-46-20-15-31(41-34(32)46)39-21-27-11-16-45(23-30(27)47)37(50)53-38(3,4)5)40-28-12-17-43(18-13-28)36(49)52-29-14-19-44(22-29)35(48)51-24-26-9-7-6-8-10-26/h6-10,15,20,25,27-30,47H,11-14,16-19,21-24H2,1-5H3,(H,39,41)(H,40,42)/t27?,29-,30?/m1/s1. The monoisotopic (exact) mass is 734 g/mol. The van der Waals surface area contributed by atoms with Crippen LogP contribution in [-0.2, 0) is 20.8 Å². The number of carbonyl (C=O) groups excluding carboxylic acids is 3. The molecule has 3 saturated heterocycles. The summed E-state index contributed by atoms with van der Waals surface area (Å²) in [4.78, 5) is 47.9. The van der Waals surface area contributed by atoms with Crippen LogP contribution in [-0.4, -0.2) is 122 Å². The van der Waals surface area contributed by atoms with E-state index in [1.54, 1.807) is 19.2 Å². The summed E-state index contributed by atoms with van der Waals surface area (Å²) in [6.07, 6.45) is 2.40. The summed E-state index contributed by atoms with van der Waals surface area (Å²) in [6, 6.07) is 11.5. The highest BCUT2D eigenvalue weighted by molar-refractivity contribution is 5.70. The summed E-state index contributed by atoms with van der Waals surface area (Å²) >= 11 is 0. The second-order valence-electron chi connectivity index (χ2n) is 15.6. The van der Waals surface area contributed by atoms with E-state index < -0.39 is 23.9 Å². The molecule has 15 heteroatoms. The van der Waals surface area contributed by atoms with Crippen LogP contribution in [0.15, 0.2) is 42.6 Å². The van der Waals surface area contributed by atoms with E-state index >= 15 is 0 Å². The number of likely N-dealkylation sites (tertiary alicyclic amines) is 3. The zero-order chi connectivity index (χ0) is 37.7. The van der Waals surface area contributed by atoms with Gasteiger partial charge in [-0.25, -0.2) is 23.9 Å². The summed E-state index contributed by atoms with van der Waals surface area (Å²) in [6.45, 7) is 13.1. The van der Waals surface area contributed by atoms with Crippen molar-refractivity contribution in [3.05, 3.63) is 53.7 Å². The number of nitrogens with one attached hydrogen (secondary N) is 2. The molecule has 3 aliphatic rings. The Labute approximate surface area is 310 Å². The number of β-amino-alcohol motifs (C(OH)–C–C–N with tert-alkyl or cyclic N) is 1. The first-order chi connectivity index (χ1) is 25.3. The summed E-state index contributed by atoms with van der Waals surface area (Å²) < 4.78 is 18.5. The molecule has 3 N–H and O–H groups in total. The van der Waals surface area contributed by atoms with E-state index in [-0.39, 0.29) is 43.2 Å². The van der Waals surface area contributed by atoms with Crippen LogP contribution in [0.3, 0.4) is 0 Å². The smallest absolute Gasteiger partial charge is 0.410 e. The molecule has 0 radical (unpaired) electrons. The fraction of sp³-hybridized carbons (Fsp3) is 0.605. The van der Waals surface area contributed by atoms with Gasteiger partial charge in [0.1, 0.15) is 24.1 Å². The Balaban J connectivity index is 0.966. The number of aliphatic hydroxyl groups excluding tert-OH is 1. The van der Waals surface area contributed by atoms with Crippen molar-refractivity contribution < 1.29 is 33.7 Å². The molecule has 3 atom stereocenters. The van der Waals surface area contributed by atoms with E-state index in [1.807, 2.05) is 63.4 Å². The van der Waals surface area contributed by atoms with Gasteiger partial charge in [0.2, 0.25) is 0 Å². The molecule has 0 saturated carbocycles. The predicted molar refractivity (Wildman–Crippen MR) is 199 cm³/mol. The molecule has 3 aromatic rings. The maximum atomic E-state index is 13.0. The van der Waals surface area contributed by atoms with Gasteiger partial charge in [-0.1, -0.05) is 44.2 Å². The molecule has 3 fully saturated rings. The van der Waals surface area contributed by atoms with Gasteiger partial charge in [0.25, 0.3) is 0 Å². The Kier molecular flexibility index (Phi) is 11.8. The third-order valence-electron chi connectivity index (χ3n) is 9.99. The lowest BCUT2D eigenvalue weighted by Crippen LogP contribution is -2.49. The van der Waals surface area contributed by atoms with E-state index in [2.05, 4.69) is 24.5 Å². The molecule has 1 aromatic carbocycles. The Bertz CT molecular complexity index is 1720. The number of piperidine rings is 2. The minimum Gasteiger partial charge on any atom is -0.445 e. The average Bonchev–Trinajstić information content (AvgIpc) is 3.74. The lowest BCUT2D eigenvalue weighted by Gasteiger charge is -2.36. The number of benzene rings is 1. The first-order valence-corrected chi connectivity index (χ1v) is 18.8. The van der Waals surface area contributed by atoms with Crippen molar-refractivity contribution in [3.8, 4) is 0 Å². The lowest BCUT2D eigenvalue weighted by molar-refractivity contribution is -0.0104. The van der Waals surface area contributed by atoms with E-state index in [9.17, 15) is 19.5 Å². The molecular weight excluding hydrogens is 680 g/mol. The third kappa shape index (κ3) is 9.80. The predicted octanol–water partition coefficient (Wildman–Crippen LogP) is 5.31. The van der Waals surface area contributed by atoms with Crippen LogP contribution < -0.4 is 10.6 Å². The molecule has 2 unspecified atom stereocenters. The summed E-state index contributed by atoms with van der Waals surface area (Å²) in [7, 11) is 0. The number of aliphatic hydroxyl groups is 1. The quantitative estimate of drug-likeness (QED) is 0.244. The summed E-state index contributed by atoms with van der Waals surface area (Å²) in [5.74, 6) is 1.58. The molecular formula is C38H54N8O7. The molecule has 3 aliphatic heterocycles. The second kappa shape index (κ2) is 16.5. The highest BCUT2D eigenvalue weighted by Crippen LogP contribution is 2.30. The topological polar surface area (TPSA) is 163 Å². The summed E-state index contributed by atoms with van der Waals surface area (Å²) in [5.41, 5.74) is 2.10. The van der Waals surface area contributed by atoms with Crippen LogP contribution in [0.2, 0.25) is 0 Å². The largest absolute Gasteiger partial charge is 0.445 e. The minimum absolute atomic E-state index is 0.0385. The number of carbonyl (C=O) groups is 3. The van der Waals surface area contributed by atoms with Gasteiger partial charge in [-0.05, 0) is 57.6 Å². The van der Waals surface area contributed by atoms with Crippen molar-refractivity contribution in [1.29, 1.82) is 0 Å². The Morgan fingerprint density at radius 2 is 1.60 bits per heavy atom. The van der Waals surface area contributed by atoms with Crippen LogP contribution in [0.5, 0.6) is 0 Å². The maximum absolute atomic E-state index is 13.0. The van der Waals surface area contributed by atoms with Crippen molar-refractivity contribution in [2.24, 2.45) is 5.92 Å². The zero-order valence-electron chi connectivity index (χ0n) is 31.5. The van der Waals surface area contributed by atoms with Gasteiger partial charge in [0.15, 0.2) is 11.5 Å². The van der Waals surface area contributed by atoms with Gasteiger partial charge < -0.3 is 44.7 Å². The second-order valence-corrected chi connectivity index (χ2v) is 15.6. The molecule has 288 valence electrons. The zero-order valence-corrected chi connectivity index (χ0v) is 31.5. The molecule has 5 heterocycles. The first kappa shape index (κ1) is 38.0. The van der Waals surface area contributed by atoms with E-state index in [4.69, 9.17) is 24.3 Å². The number of anilines is 2. The molecule has 6 rings (SSSR count). The fourth-order valence-corrected chi connectivity index (χ4v) is 7.05. The van der Waals surface area contributed by atoms with E-state index in [1.165, 1.54) is 0 Å². The van der Waals surface area contributed by atoms with Gasteiger partial charge in [-0.3, -0.25) is 0 Å². The van der Waals surface area contributed by atoms with Crippen molar-refractivity contribution in [1.82, 2.24) is 29.3 Å². The number of rotatable bonds is 9. The van der Waals surface area contributed by atoms with Crippen molar-refractivity contribution >= 4 is 35.6 Å². The van der Waals surface area contributed by atoms with Crippen LogP contribution >= 0.6 is 0 Å². The molecule has 0 spiro atoms. The Hall–Kier alpha value is -4.79. The van der Waals surface area contributed by atoms with Gasteiger partial charge in [-0.2, -0.15) is 0 Å². The van der Waals surface area contributed by atoms with E-state index in [0.717, 1.165) is 35.4 Å². The number of aromatic nitrogens is 3. The summed E-state index contributed by atoms with van der Waals surface area (Å²) in [5, 5.41) is 22.7. The van der Waals surface area contributed by atoms with Crippen molar-refractivity contribution in [2.75, 3.05) is 56.4 Å². The van der Waals surface area contributed by atoms with E-state index in [0.29, 0.717) is 57.9 Å². The van der Waals surface area contributed by atoms with Crippen LogP contribution in [0, 0.1) is 5.92 Å². The Morgan fingerprint density at radius 1 is 0.906 bits per heavy atom. The fourth-order valence-electron chi connectivity index (χ4n) is 7.05. The number of nitrogens with zero attached hydrogens (tertiary/aromatic N) is 6. The van der Waals surface area contributed by atoms with Gasteiger partial charge >= 0.3 is 18.3 Å².